The van der Waals surface area contributed by atoms with Crippen molar-refractivity contribution < 1.29 is 51.4 Å². The lowest BCUT2D eigenvalue weighted by Crippen LogP contribution is -2.60. The Kier molecular flexibility index (Phi) is 11.7. The number of sulfonamides is 1. The maximum Gasteiger partial charge on any atom is 0.411 e. The lowest BCUT2D eigenvalue weighted by molar-refractivity contribution is -0.143. The van der Waals surface area contributed by atoms with Gasteiger partial charge in [-0.15, -0.1) is 6.58 Å². The lowest BCUT2D eigenvalue weighted by atomic mass is 9.85. The van der Waals surface area contributed by atoms with Gasteiger partial charge in [0.05, 0.1) is 29.7 Å². The number of likely N-dealkylation sites (tertiary alicyclic amines) is 1. The predicted molar refractivity (Wildman–Crippen MR) is 188 cm³/mol. The second kappa shape index (κ2) is 15.1. The molecule has 286 valence electrons. The highest BCUT2D eigenvalue weighted by Crippen LogP contribution is 2.45. The van der Waals surface area contributed by atoms with Crippen molar-refractivity contribution in [1.82, 2.24) is 20.3 Å². The average Bonchev–Trinajstić information content (AvgIpc) is 3.95. The van der Waals surface area contributed by atoms with Gasteiger partial charge in [-0.05, 0) is 64.5 Å². The molecule has 17 heteroatoms. The third-order valence-corrected chi connectivity index (χ3v) is 10.6. The molecule has 1 saturated heterocycles. The highest BCUT2D eigenvalue weighted by molar-refractivity contribution is 7.91. The van der Waals surface area contributed by atoms with E-state index in [2.05, 4.69) is 27.3 Å². The van der Waals surface area contributed by atoms with Gasteiger partial charge in [-0.25, -0.2) is 22.8 Å². The Morgan fingerprint density at radius 3 is 2.25 bits per heavy atom. The fourth-order valence-electron chi connectivity index (χ4n) is 5.90. The van der Waals surface area contributed by atoms with Gasteiger partial charge in [0.2, 0.25) is 21.8 Å². The first-order valence-electron chi connectivity index (χ1n) is 17.2. The maximum absolute atomic E-state index is 14.3. The standard InChI is InChI=1S/C35H49N5O11S/c1-9-20-18-35(20,30(44)39-52(47,48)22-15-16-22)38-27(41)25-17-21(50-31(45)36-24-14-12-11-13-23(24)29(43)49-10-2)19-40(25)28(42)26(33(3,4)5)37-32(46)51-34(6,7)8/h9,11-14,20-22,25-26H,1,10,15-19H2,2-8H3,(H,36,45)(H,37,46)(H,38,41)(H,39,44)/t20?,21-,25+,26-,35?/m1/s1. The number of carbonyl (C=O) groups excluding carboxylic acids is 6. The number of amides is 5. The van der Waals surface area contributed by atoms with Crippen molar-refractivity contribution in [3.63, 3.8) is 0 Å². The van der Waals surface area contributed by atoms with Crippen molar-refractivity contribution >= 4 is 51.6 Å². The van der Waals surface area contributed by atoms with Crippen LogP contribution < -0.4 is 20.7 Å². The number of para-hydroxylation sites is 1. The van der Waals surface area contributed by atoms with E-state index in [0.717, 1.165) is 4.90 Å². The van der Waals surface area contributed by atoms with Crippen molar-refractivity contribution in [2.45, 2.75) is 109 Å². The Balaban J connectivity index is 1.60. The molecule has 2 aliphatic carbocycles. The number of hydrogen-bond donors (Lipinski definition) is 4. The Bertz CT molecular complexity index is 1710. The Morgan fingerprint density at radius 1 is 1.04 bits per heavy atom. The number of carbonyl (C=O) groups is 6. The topological polar surface area (TPSA) is 216 Å². The number of anilines is 1. The number of esters is 1. The summed E-state index contributed by atoms with van der Waals surface area (Å²) in [4.78, 5) is 81.4. The minimum Gasteiger partial charge on any atom is -0.462 e. The smallest absolute Gasteiger partial charge is 0.411 e. The van der Waals surface area contributed by atoms with Gasteiger partial charge >= 0.3 is 18.2 Å². The summed E-state index contributed by atoms with van der Waals surface area (Å²) < 4.78 is 43.4. The molecule has 2 saturated carbocycles. The normalized spacial score (nSPS) is 23.4. The number of nitrogens with zero attached hydrogens (tertiary/aromatic N) is 1. The quantitative estimate of drug-likeness (QED) is 0.139. The summed E-state index contributed by atoms with van der Waals surface area (Å²) in [5, 5.41) is 7.11. The molecule has 5 atom stereocenters. The molecule has 3 fully saturated rings. The zero-order valence-corrected chi connectivity index (χ0v) is 31.4. The van der Waals surface area contributed by atoms with E-state index in [4.69, 9.17) is 14.2 Å². The second-order valence-corrected chi connectivity index (χ2v) is 17.2. The van der Waals surface area contributed by atoms with Crippen LogP contribution in [0.1, 0.15) is 84.5 Å². The van der Waals surface area contributed by atoms with E-state index < -0.39 is 91.8 Å². The van der Waals surface area contributed by atoms with E-state index >= 15 is 0 Å². The number of nitrogens with one attached hydrogen (secondary N) is 4. The molecule has 3 aliphatic rings. The molecule has 0 aromatic heterocycles. The lowest BCUT2D eigenvalue weighted by Gasteiger charge is -2.36. The predicted octanol–water partition coefficient (Wildman–Crippen LogP) is 2.99. The van der Waals surface area contributed by atoms with E-state index in [1.807, 2.05) is 0 Å². The third-order valence-electron chi connectivity index (χ3n) is 8.80. The number of alkyl carbamates (subject to hydrolysis) is 1. The van der Waals surface area contributed by atoms with Crippen LogP contribution >= 0.6 is 0 Å². The third kappa shape index (κ3) is 9.60. The van der Waals surface area contributed by atoms with Crippen molar-refractivity contribution in [2.75, 3.05) is 18.5 Å². The first-order chi connectivity index (χ1) is 24.1. The number of hydrogen-bond acceptors (Lipinski definition) is 11. The van der Waals surface area contributed by atoms with Gasteiger partial charge < -0.3 is 29.7 Å². The maximum atomic E-state index is 14.3. The van der Waals surface area contributed by atoms with Gasteiger partial charge in [0, 0.05) is 12.3 Å². The van der Waals surface area contributed by atoms with Gasteiger partial charge in [0.1, 0.15) is 29.3 Å². The van der Waals surface area contributed by atoms with Crippen LogP contribution in [0.15, 0.2) is 36.9 Å². The van der Waals surface area contributed by atoms with E-state index in [0.29, 0.717) is 12.8 Å². The van der Waals surface area contributed by atoms with Crippen molar-refractivity contribution in [2.24, 2.45) is 11.3 Å². The van der Waals surface area contributed by atoms with Crippen LogP contribution in [0.2, 0.25) is 0 Å². The van der Waals surface area contributed by atoms with E-state index in [9.17, 15) is 37.2 Å². The van der Waals surface area contributed by atoms with Crippen LogP contribution in [-0.4, -0.2) is 96.9 Å². The molecule has 5 amide bonds. The fraction of sp³-hybridized carbons (Fsp3) is 0.600. The van der Waals surface area contributed by atoms with Crippen LogP contribution in [-0.2, 0) is 38.6 Å². The first kappa shape index (κ1) is 40.1. The molecule has 1 aromatic carbocycles. The molecule has 1 aliphatic heterocycles. The molecule has 0 spiro atoms. The van der Waals surface area contributed by atoms with Gasteiger partial charge in [0.25, 0.3) is 5.91 Å². The zero-order valence-electron chi connectivity index (χ0n) is 30.6. The Hall–Kier alpha value is -4.67. The molecular formula is C35H49N5O11S. The largest absolute Gasteiger partial charge is 0.462 e. The van der Waals surface area contributed by atoms with E-state index in [-0.39, 0.29) is 37.2 Å². The van der Waals surface area contributed by atoms with Crippen molar-refractivity contribution in [3.05, 3.63) is 42.5 Å². The average molecular weight is 748 g/mol. The number of benzene rings is 1. The van der Waals surface area contributed by atoms with Crippen LogP contribution in [0, 0.1) is 11.3 Å². The number of rotatable bonds is 12. The highest BCUT2D eigenvalue weighted by Gasteiger charge is 2.62. The van der Waals surface area contributed by atoms with Gasteiger partial charge in [-0.2, -0.15) is 0 Å². The Morgan fingerprint density at radius 2 is 1.69 bits per heavy atom. The number of ether oxygens (including phenoxy) is 3. The molecular weight excluding hydrogens is 698 g/mol. The summed E-state index contributed by atoms with van der Waals surface area (Å²) in [6.45, 7) is 15.3. The first-order valence-corrected chi connectivity index (χ1v) is 18.7. The van der Waals surface area contributed by atoms with Crippen LogP contribution in [0.3, 0.4) is 0 Å². The molecule has 1 aromatic rings. The molecule has 4 rings (SSSR count). The van der Waals surface area contributed by atoms with E-state index in [1.54, 1.807) is 60.6 Å². The van der Waals surface area contributed by atoms with Gasteiger partial charge in [-0.1, -0.05) is 39.0 Å². The minimum atomic E-state index is -3.95. The molecule has 0 radical (unpaired) electrons. The van der Waals surface area contributed by atoms with Crippen LogP contribution in [0.4, 0.5) is 15.3 Å². The second-order valence-electron chi connectivity index (χ2n) is 15.3. The zero-order chi connectivity index (χ0) is 38.8. The molecule has 2 unspecified atom stereocenters. The molecule has 1 heterocycles. The van der Waals surface area contributed by atoms with Crippen LogP contribution in [0.25, 0.3) is 0 Å². The summed E-state index contributed by atoms with van der Waals surface area (Å²) in [7, 11) is -3.95. The molecule has 0 bridgehead atoms. The van der Waals surface area contributed by atoms with Gasteiger partial charge in [-0.3, -0.25) is 24.4 Å². The van der Waals surface area contributed by atoms with Gasteiger partial charge in [0.15, 0.2) is 0 Å². The summed E-state index contributed by atoms with van der Waals surface area (Å²) in [6, 6.07) is 3.58. The summed E-state index contributed by atoms with van der Waals surface area (Å²) in [5.41, 5.74) is -3.22. The van der Waals surface area contributed by atoms with Crippen molar-refractivity contribution in [1.29, 1.82) is 0 Å². The SMILES string of the molecule is C=CC1CC1(NC(=O)[C@@H]1C[C@@H](OC(=O)Nc2ccccc2C(=O)OCC)CN1C(=O)[C@@H](NC(=O)OC(C)(C)C)C(C)(C)C)C(=O)NS(=O)(=O)C1CC1. The fourth-order valence-corrected chi connectivity index (χ4v) is 7.27. The van der Waals surface area contributed by atoms with E-state index in [1.165, 1.54) is 18.2 Å². The molecule has 52 heavy (non-hydrogen) atoms. The monoisotopic (exact) mass is 747 g/mol. The molecule has 4 N–H and O–H groups in total. The van der Waals surface area contributed by atoms with Crippen LogP contribution in [0.5, 0.6) is 0 Å². The summed E-state index contributed by atoms with van der Waals surface area (Å²) >= 11 is 0. The highest BCUT2D eigenvalue weighted by atomic mass is 32.2. The molecule has 16 nitrogen and oxygen atoms in total. The summed E-state index contributed by atoms with van der Waals surface area (Å²) in [6.07, 6.45) is -0.787. The minimum absolute atomic E-state index is 0.0714. The van der Waals surface area contributed by atoms with Crippen molar-refractivity contribution in [3.8, 4) is 0 Å². The summed E-state index contributed by atoms with van der Waals surface area (Å²) in [5.74, 6) is -3.67. The Labute approximate surface area is 303 Å².